The Morgan fingerprint density at radius 1 is 1.24 bits per heavy atom. The van der Waals surface area contributed by atoms with E-state index < -0.39 is 0 Å². The Morgan fingerprint density at radius 3 is 2.76 bits per heavy atom. The molecule has 2 atom stereocenters. The summed E-state index contributed by atoms with van der Waals surface area (Å²) in [5.74, 6) is 0.948. The van der Waals surface area contributed by atoms with Crippen LogP contribution in [0.1, 0.15) is 36.4 Å². The fourth-order valence-corrected chi connectivity index (χ4v) is 3.11. The summed E-state index contributed by atoms with van der Waals surface area (Å²) in [5, 5.41) is 0. The normalized spacial score (nSPS) is 28.2. The van der Waals surface area contributed by atoms with Crippen molar-refractivity contribution in [2.45, 2.75) is 37.8 Å². The highest BCUT2D eigenvalue weighted by Crippen LogP contribution is 2.34. The van der Waals surface area contributed by atoms with Crippen LogP contribution in [0.4, 0.5) is 0 Å². The van der Waals surface area contributed by atoms with E-state index in [9.17, 15) is 0 Å². The lowest BCUT2D eigenvalue weighted by atomic mass is 9.84. The highest BCUT2D eigenvalue weighted by molar-refractivity contribution is 5.33. The van der Waals surface area contributed by atoms with Crippen molar-refractivity contribution in [3.8, 4) is 0 Å². The Bertz CT molecular complexity index is 398. The van der Waals surface area contributed by atoms with E-state index in [4.69, 9.17) is 5.73 Å². The third-order valence-electron chi connectivity index (χ3n) is 4.35. The number of hydrogen-bond acceptors (Lipinski definition) is 2. The van der Waals surface area contributed by atoms with Crippen LogP contribution < -0.4 is 5.73 Å². The van der Waals surface area contributed by atoms with Crippen LogP contribution in [0.2, 0.25) is 0 Å². The second-order valence-electron chi connectivity index (χ2n) is 5.71. The molecule has 0 heterocycles. The van der Waals surface area contributed by atoms with Crippen LogP contribution in [0.5, 0.6) is 0 Å². The van der Waals surface area contributed by atoms with Gasteiger partial charge in [0.25, 0.3) is 0 Å². The van der Waals surface area contributed by atoms with Crippen LogP contribution in [0.3, 0.4) is 0 Å². The van der Waals surface area contributed by atoms with E-state index in [1.807, 2.05) is 0 Å². The van der Waals surface area contributed by atoms with Crippen LogP contribution in [0.15, 0.2) is 24.3 Å². The first-order chi connectivity index (χ1) is 8.25. The van der Waals surface area contributed by atoms with Gasteiger partial charge in [0.15, 0.2) is 0 Å². The quantitative estimate of drug-likeness (QED) is 0.863. The molecule has 3 rings (SSSR count). The number of nitrogens with two attached hydrogens (primary N) is 1. The fourth-order valence-electron chi connectivity index (χ4n) is 3.11. The van der Waals surface area contributed by atoms with Gasteiger partial charge in [-0.05, 0) is 49.8 Å². The van der Waals surface area contributed by atoms with Gasteiger partial charge in [0.05, 0.1) is 0 Å². The minimum atomic E-state index is 0.198. The predicted octanol–water partition coefficient (Wildman–Crippen LogP) is 2.34. The molecule has 2 N–H and O–H groups in total. The molecule has 1 saturated carbocycles. The molecule has 0 spiro atoms. The van der Waals surface area contributed by atoms with Crippen molar-refractivity contribution < 1.29 is 0 Å². The summed E-state index contributed by atoms with van der Waals surface area (Å²) in [4.78, 5) is 2.50. The van der Waals surface area contributed by atoms with Gasteiger partial charge in [-0.15, -0.1) is 0 Å². The lowest BCUT2D eigenvalue weighted by Gasteiger charge is -2.37. The molecule has 1 aromatic carbocycles. The number of likely N-dealkylation sites (N-methyl/N-ethyl adjacent to an activating group) is 1. The van der Waals surface area contributed by atoms with E-state index in [0.717, 1.165) is 5.92 Å². The van der Waals surface area contributed by atoms with Crippen LogP contribution in [-0.4, -0.2) is 24.5 Å². The molecule has 0 bridgehead atoms. The summed E-state index contributed by atoms with van der Waals surface area (Å²) < 4.78 is 0. The molecule has 2 heteroatoms. The second-order valence-corrected chi connectivity index (χ2v) is 5.71. The Hall–Kier alpha value is -0.860. The van der Waals surface area contributed by atoms with Gasteiger partial charge in [-0.1, -0.05) is 24.3 Å². The van der Waals surface area contributed by atoms with Gasteiger partial charge >= 0.3 is 0 Å². The van der Waals surface area contributed by atoms with Crippen molar-refractivity contribution in [2.24, 2.45) is 11.7 Å². The van der Waals surface area contributed by atoms with Crippen molar-refractivity contribution in [2.75, 3.05) is 13.6 Å². The summed E-state index contributed by atoms with van der Waals surface area (Å²) in [6.45, 7) is 1.24. The molecule has 0 radical (unpaired) electrons. The molecular formula is C15H22N2. The Kier molecular flexibility index (Phi) is 2.93. The standard InChI is InChI=1S/C15H22N2/c1-17(10-11-6-7-11)14-9-8-12-4-2-3-5-13(12)15(14)16/h2-5,11,14-15H,6-10,16H2,1H3. The zero-order chi connectivity index (χ0) is 11.8. The minimum Gasteiger partial charge on any atom is -0.323 e. The van der Waals surface area contributed by atoms with Gasteiger partial charge in [-0.25, -0.2) is 0 Å². The number of hydrogen-bond donors (Lipinski definition) is 1. The van der Waals surface area contributed by atoms with E-state index in [0.29, 0.717) is 6.04 Å². The first-order valence-corrected chi connectivity index (χ1v) is 6.79. The molecule has 2 aliphatic rings. The maximum absolute atomic E-state index is 6.45. The van der Waals surface area contributed by atoms with Gasteiger partial charge in [0.2, 0.25) is 0 Å². The number of fused-ring (bicyclic) bond motifs is 1. The molecule has 2 unspecified atom stereocenters. The summed E-state index contributed by atoms with van der Waals surface area (Å²) in [6.07, 6.45) is 5.23. The molecule has 92 valence electrons. The van der Waals surface area contributed by atoms with E-state index in [-0.39, 0.29) is 6.04 Å². The van der Waals surface area contributed by atoms with E-state index >= 15 is 0 Å². The average Bonchev–Trinajstić information content (AvgIpc) is 3.13. The number of nitrogens with zero attached hydrogens (tertiary/aromatic N) is 1. The van der Waals surface area contributed by atoms with E-state index in [2.05, 4.69) is 36.2 Å². The molecule has 0 aromatic heterocycles. The first-order valence-electron chi connectivity index (χ1n) is 6.79. The maximum atomic E-state index is 6.45. The summed E-state index contributed by atoms with van der Waals surface area (Å²) in [7, 11) is 2.25. The van der Waals surface area contributed by atoms with Crippen molar-refractivity contribution >= 4 is 0 Å². The van der Waals surface area contributed by atoms with Gasteiger partial charge in [-0.2, -0.15) is 0 Å². The largest absolute Gasteiger partial charge is 0.323 e. The van der Waals surface area contributed by atoms with Gasteiger partial charge in [-0.3, -0.25) is 0 Å². The zero-order valence-electron chi connectivity index (χ0n) is 10.6. The second kappa shape index (κ2) is 4.43. The summed E-state index contributed by atoms with van der Waals surface area (Å²) in [5.41, 5.74) is 9.27. The highest BCUT2D eigenvalue weighted by Gasteiger charge is 2.32. The van der Waals surface area contributed by atoms with Gasteiger partial charge < -0.3 is 10.6 Å². The van der Waals surface area contributed by atoms with Crippen LogP contribution >= 0.6 is 0 Å². The van der Waals surface area contributed by atoms with Gasteiger partial charge in [0.1, 0.15) is 0 Å². The lowest BCUT2D eigenvalue weighted by molar-refractivity contribution is 0.185. The third kappa shape index (κ3) is 2.24. The molecule has 0 aliphatic heterocycles. The zero-order valence-corrected chi connectivity index (χ0v) is 10.6. The average molecular weight is 230 g/mol. The maximum Gasteiger partial charge on any atom is 0.0455 e. The van der Waals surface area contributed by atoms with E-state index in [1.165, 1.54) is 43.4 Å². The van der Waals surface area contributed by atoms with Crippen LogP contribution in [0, 0.1) is 5.92 Å². The van der Waals surface area contributed by atoms with E-state index in [1.54, 1.807) is 0 Å². The Balaban J connectivity index is 1.75. The Labute approximate surface area is 104 Å². The molecule has 2 nitrogen and oxygen atoms in total. The van der Waals surface area contributed by atoms with Crippen LogP contribution in [-0.2, 0) is 6.42 Å². The smallest absolute Gasteiger partial charge is 0.0455 e. The van der Waals surface area contributed by atoms with Crippen molar-refractivity contribution in [3.63, 3.8) is 0 Å². The highest BCUT2D eigenvalue weighted by atomic mass is 15.2. The molecule has 0 saturated heterocycles. The molecule has 17 heavy (non-hydrogen) atoms. The number of rotatable bonds is 3. The van der Waals surface area contributed by atoms with Crippen molar-refractivity contribution in [1.29, 1.82) is 0 Å². The van der Waals surface area contributed by atoms with Crippen molar-refractivity contribution in [1.82, 2.24) is 4.90 Å². The summed E-state index contributed by atoms with van der Waals surface area (Å²) in [6, 6.07) is 9.40. The third-order valence-corrected chi connectivity index (χ3v) is 4.35. The first kappa shape index (κ1) is 11.2. The van der Waals surface area contributed by atoms with Crippen LogP contribution in [0.25, 0.3) is 0 Å². The topological polar surface area (TPSA) is 29.3 Å². The SMILES string of the molecule is CN(CC1CC1)C1CCc2ccccc2C1N. The predicted molar refractivity (Wildman–Crippen MR) is 70.8 cm³/mol. The van der Waals surface area contributed by atoms with Gasteiger partial charge in [0, 0.05) is 18.6 Å². The monoisotopic (exact) mass is 230 g/mol. The number of aryl methyl sites for hydroxylation is 1. The minimum absolute atomic E-state index is 0.198. The Morgan fingerprint density at radius 2 is 2.00 bits per heavy atom. The lowest BCUT2D eigenvalue weighted by Crippen LogP contribution is -2.44. The molecular weight excluding hydrogens is 208 g/mol. The molecule has 1 fully saturated rings. The molecule has 1 aromatic rings. The molecule has 0 amide bonds. The van der Waals surface area contributed by atoms with Crippen molar-refractivity contribution in [3.05, 3.63) is 35.4 Å². The number of benzene rings is 1. The fraction of sp³-hybridized carbons (Fsp3) is 0.600. The summed E-state index contributed by atoms with van der Waals surface area (Å²) >= 11 is 0. The molecule has 2 aliphatic carbocycles.